The quantitative estimate of drug-likeness (QED) is 0.572. The molecule has 0 aromatic heterocycles. The van der Waals surface area contributed by atoms with Crippen molar-refractivity contribution in [2.75, 3.05) is 36.2 Å². The Labute approximate surface area is 104 Å². The Balaban J connectivity index is 1.73. The first kappa shape index (κ1) is 13.7. The van der Waals surface area contributed by atoms with Gasteiger partial charge in [-0.25, -0.2) is 0 Å². The molecule has 1 aliphatic rings. The molecule has 0 saturated carbocycles. The van der Waals surface area contributed by atoms with E-state index in [-0.39, 0.29) is 0 Å². The monoisotopic (exact) mass is 247 g/mol. The van der Waals surface area contributed by atoms with Crippen LogP contribution in [0.25, 0.3) is 0 Å². The predicted octanol–water partition coefficient (Wildman–Crippen LogP) is 3.70. The number of nitrogens with zero attached hydrogens (tertiary/aromatic N) is 1. The molecule has 0 atom stereocenters. The number of hydrogen-bond acceptors (Lipinski definition) is 3. The Morgan fingerprint density at radius 3 is 2.73 bits per heavy atom. The lowest BCUT2D eigenvalue weighted by Gasteiger charge is -2.12. The molecule has 0 radical (unpaired) electrons. The zero-order chi connectivity index (χ0) is 10.8. The van der Waals surface area contributed by atoms with Crippen molar-refractivity contribution in [3.63, 3.8) is 0 Å². The van der Waals surface area contributed by atoms with Crippen molar-refractivity contribution < 1.29 is 0 Å². The van der Waals surface area contributed by atoms with E-state index in [9.17, 15) is 0 Å². The molecule has 0 N–H and O–H groups in total. The molecule has 1 rings (SSSR count). The van der Waals surface area contributed by atoms with Crippen LogP contribution in [0, 0.1) is 0 Å². The lowest BCUT2D eigenvalue weighted by atomic mass is 10.2. The molecule has 0 bridgehead atoms. The second-order valence-electron chi connectivity index (χ2n) is 4.18. The highest BCUT2D eigenvalue weighted by atomic mass is 32.2. The Bertz CT molecular complexity index is 136. The minimum atomic E-state index is 1.28. The van der Waals surface area contributed by atoms with Gasteiger partial charge in [0.2, 0.25) is 0 Å². The summed E-state index contributed by atoms with van der Waals surface area (Å²) in [6, 6.07) is 0. The highest BCUT2D eigenvalue weighted by Crippen LogP contribution is 2.14. The zero-order valence-electron chi connectivity index (χ0n) is 10.0. The third kappa shape index (κ3) is 7.53. The Hall–Kier alpha value is 0.660. The average Bonchev–Trinajstić information content (AvgIpc) is 2.75. The van der Waals surface area contributed by atoms with Crippen LogP contribution in [0.1, 0.15) is 39.0 Å². The smallest absolute Gasteiger partial charge is 0.0445 e. The van der Waals surface area contributed by atoms with Crippen LogP contribution in [0.3, 0.4) is 0 Å². The van der Waals surface area contributed by atoms with Gasteiger partial charge in [0.25, 0.3) is 0 Å². The minimum Gasteiger partial charge on any atom is -0.293 e. The van der Waals surface area contributed by atoms with Crippen molar-refractivity contribution in [3.05, 3.63) is 0 Å². The minimum absolute atomic E-state index is 1.28. The molecule has 3 heteroatoms. The van der Waals surface area contributed by atoms with E-state index >= 15 is 0 Å². The predicted molar refractivity (Wildman–Crippen MR) is 75.0 cm³/mol. The van der Waals surface area contributed by atoms with Crippen molar-refractivity contribution in [3.8, 4) is 0 Å². The summed E-state index contributed by atoms with van der Waals surface area (Å²) in [5.74, 6) is 5.39. The molecule has 90 valence electrons. The molecule has 0 unspecified atom stereocenters. The largest absolute Gasteiger partial charge is 0.293 e. The van der Waals surface area contributed by atoms with Gasteiger partial charge in [-0.2, -0.15) is 11.8 Å². The number of unbranched alkanes of at least 4 members (excludes halogenated alkanes) is 3. The normalized spacial score (nSPS) is 17.4. The van der Waals surface area contributed by atoms with Crippen molar-refractivity contribution in [1.29, 1.82) is 0 Å². The maximum Gasteiger partial charge on any atom is 0.0445 e. The first-order chi connectivity index (χ1) is 7.43. The molecule has 0 aliphatic carbocycles. The first-order valence-electron chi connectivity index (χ1n) is 6.31. The van der Waals surface area contributed by atoms with E-state index in [2.05, 4.69) is 35.3 Å². The van der Waals surface area contributed by atoms with Gasteiger partial charge in [0.1, 0.15) is 0 Å². The van der Waals surface area contributed by atoms with E-state index in [0.29, 0.717) is 0 Å². The molecule has 0 amide bonds. The fourth-order valence-corrected chi connectivity index (χ4v) is 3.83. The summed E-state index contributed by atoms with van der Waals surface area (Å²) >= 11 is 4.22. The van der Waals surface area contributed by atoms with E-state index in [4.69, 9.17) is 0 Å². The van der Waals surface area contributed by atoms with Gasteiger partial charge in [-0.3, -0.25) is 4.90 Å². The summed E-state index contributed by atoms with van der Waals surface area (Å²) in [4.78, 5) is 2.59. The summed E-state index contributed by atoms with van der Waals surface area (Å²) in [7, 11) is 0. The SMILES string of the molecule is CCCCSCCCCCN1CCSC1. The van der Waals surface area contributed by atoms with E-state index in [1.807, 2.05) is 0 Å². The highest BCUT2D eigenvalue weighted by molar-refractivity contribution is 7.99. The third-order valence-corrected chi connectivity index (χ3v) is 4.90. The van der Waals surface area contributed by atoms with Crippen LogP contribution in [0.2, 0.25) is 0 Å². The van der Waals surface area contributed by atoms with Crippen LogP contribution in [0.15, 0.2) is 0 Å². The van der Waals surface area contributed by atoms with Crippen LogP contribution >= 0.6 is 23.5 Å². The number of thioether (sulfide) groups is 2. The van der Waals surface area contributed by atoms with Gasteiger partial charge in [0.05, 0.1) is 0 Å². The van der Waals surface area contributed by atoms with Crippen LogP contribution in [0.4, 0.5) is 0 Å². The fraction of sp³-hybridized carbons (Fsp3) is 1.00. The lowest BCUT2D eigenvalue weighted by molar-refractivity contribution is 0.346. The van der Waals surface area contributed by atoms with Gasteiger partial charge in [0, 0.05) is 18.2 Å². The van der Waals surface area contributed by atoms with Gasteiger partial charge < -0.3 is 0 Å². The summed E-state index contributed by atoms with van der Waals surface area (Å²) in [6.07, 6.45) is 7.01. The maximum absolute atomic E-state index is 2.59. The van der Waals surface area contributed by atoms with Gasteiger partial charge in [-0.05, 0) is 37.3 Å². The van der Waals surface area contributed by atoms with Crippen molar-refractivity contribution in [2.45, 2.75) is 39.0 Å². The molecule has 1 aliphatic heterocycles. The van der Waals surface area contributed by atoms with E-state index < -0.39 is 0 Å². The number of rotatable bonds is 9. The van der Waals surface area contributed by atoms with Gasteiger partial charge in [0.15, 0.2) is 0 Å². The van der Waals surface area contributed by atoms with Crippen LogP contribution < -0.4 is 0 Å². The summed E-state index contributed by atoms with van der Waals surface area (Å²) in [5, 5.41) is 0. The molecule has 1 saturated heterocycles. The van der Waals surface area contributed by atoms with E-state index in [0.717, 1.165) is 0 Å². The van der Waals surface area contributed by atoms with E-state index in [1.54, 1.807) is 0 Å². The summed E-state index contributed by atoms with van der Waals surface area (Å²) in [6.45, 7) is 4.94. The molecule has 15 heavy (non-hydrogen) atoms. The molecule has 1 heterocycles. The second kappa shape index (κ2) is 9.86. The van der Waals surface area contributed by atoms with Crippen LogP contribution in [-0.2, 0) is 0 Å². The summed E-state index contributed by atoms with van der Waals surface area (Å²) < 4.78 is 0. The molecule has 1 nitrogen and oxygen atoms in total. The molecule has 0 spiro atoms. The third-order valence-electron chi connectivity index (χ3n) is 2.73. The Kier molecular flexibility index (Phi) is 9.02. The average molecular weight is 247 g/mol. The molecule has 0 aromatic rings. The van der Waals surface area contributed by atoms with Crippen molar-refractivity contribution in [2.24, 2.45) is 0 Å². The zero-order valence-corrected chi connectivity index (χ0v) is 11.7. The second-order valence-corrected chi connectivity index (χ2v) is 6.48. The molecule has 1 fully saturated rings. The summed E-state index contributed by atoms with van der Waals surface area (Å²) in [5.41, 5.74) is 0. The molecule has 0 aromatic carbocycles. The Morgan fingerprint density at radius 1 is 1.13 bits per heavy atom. The standard InChI is InChI=1S/C12H25NS2/c1-2-3-9-14-10-6-4-5-7-13-8-11-15-12-13/h2-12H2,1H3. The lowest BCUT2D eigenvalue weighted by Crippen LogP contribution is -2.20. The van der Waals surface area contributed by atoms with E-state index in [1.165, 1.54) is 68.3 Å². The van der Waals surface area contributed by atoms with Crippen molar-refractivity contribution >= 4 is 23.5 Å². The van der Waals surface area contributed by atoms with Gasteiger partial charge >= 0.3 is 0 Å². The van der Waals surface area contributed by atoms with Gasteiger partial charge in [-0.15, -0.1) is 11.8 Å². The fourth-order valence-electron chi connectivity index (χ4n) is 1.69. The maximum atomic E-state index is 2.59. The van der Waals surface area contributed by atoms with Crippen molar-refractivity contribution in [1.82, 2.24) is 4.90 Å². The van der Waals surface area contributed by atoms with Gasteiger partial charge in [-0.1, -0.05) is 19.8 Å². The van der Waals surface area contributed by atoms with Crippen LogP contribution in [-0.4, -0.2) is 41.1 Å². The highest BCUT2D eigenvalue weighted by Gasteiger charge is 2.10. The molecular weight excluding hydrogens is 222 g/mol. The topological polar surface area (TPSA) is 3.24 Å². The Morgan fingerprint density at radius 2 is 2.00 bits per heavy atom. The van der Waals surface area contributed by atoms with Crippen LogP contribution in [0.5, 0.6) is 0 Å². The first-order valence-corrected chi connectivity index (χ1v) is 8.62. The molecular formula is C12H25NS2. The number of hydrogen-bond donors (Lipinski definition) is 0.